The highest BCUT2D eigenvalue weighted by Gasteiger charge is 2.19. The highest BCUT2D eigenvalue weighted by Crippen LogP contribution is 2.22. The fraction of sp³-hybridized carbons (Fsp3) is 0.562. The van der Waals surface area contributed by atoms with E-state index in [1.54, 1.807) is 0 Å². The Hall–Kier alpha value is -1.57. The molecule has 0 saturated carbocycles. The Morgan fingerprint density at radius 1 is 1.20 bits per heavy atom. The first-order valence-electron chi connectivity index (χ1n) is 7.23. The lowest BCUT2D eigenvalue weighted by molar-refractivity contribution is 0.229. The van der Waals surface area contributed by atoms with E-state index in [9.17, 15) is 5.26 Å². The van der Waals surface area contributed by atoms with E-state index < -0.39 is 0 Å². The Labute approximate surface area is 122 Å². The summed E-state index contributed by atoms with van der Waals surface area (Å²) in [4.78, 5) is 7.06. The minimum atomic E-state index is 0.798. The van der Waals surface area contributed by atoms with Gasteiger partial charge in [0.15, 0.2) is 0 Å². The van der Waals surface area contributed by atoms with Crippen molar-refractivity contribution in [3.8, 4) is 6.07 Å². The van der Waals surface area contributed by atoms with Gasteiger partial charge in [0.25, 0.3) is 0 Å². The number of anilines is 1. The molecule has 4 heteroatoms. The average Bonchev–Trinajstić information content (AvgIpc) is 2.45. The number of hydrogen-bond acceptors (Lipinski definition) is 4. The summed E-state index contributed by atoms with van der Waals surface area (Å²) in [6, 6.07) is 8.48. The number of likely N-dealkylation sites (N-methyl/N-ethyl adjacent to an activating group) is 1. The molecule has 108 valence electrons. The van der Waals surface area contributed by atoms with E-state index in [2.05, 4.69) is 47.0 Å². The largest absolute Gasteiger partial charge is 0.368 e. The SMILES string of the molecule is Cc1ccc(N2CCN(CCN(C)C)CC2)c(C#N)c1. The molecule has 0 amide bonds. The zero-order valence-corrected chi connectivity index (χ0v) is 12.8. The predicted octanol–water partition coefficient (Wildman–Crippen LogP) is 1.55. The van der Waals surface area contributed by atoms with Crippen LogP contribution in [-0.4, -0.2) is 63.2 Å². The minimum absolute atomic E-state index is 0.798. The standard InChI is InChI=1S/C16H24N4/c1-14-4-5-16(15(12-14)13-17)20-10-8-19(9-11-20)7-6-18(2)3/h4-5,12H,6-11H2,1-3H3. The van der Waals surface area contributed by atoms with E-state index >= 15 is 0 Å². The van der Waals surface area contributed by atoms with Crippen LogP contribution in [0.1, 0.15) is 11.1 Å². The van der Waals surface area contributed by atoms with Crippen molar-refractivity contribution in [3.63, 3.8) is 0 Å². The molecule has 0 aromatic heterocycles. The van der Waals surface area contributed by atoms with E-state index in [1.807, 2.05) is 13.0 Å². The van der Waals surface area contributed by atoms with Gasteiger partial charge in [0.2, 0.25) is 0 Å². The number of hydrogen-bond donors (Lipinski definition) is 0. The second-order valence-electron chi connectivity index (χ2n) is 5.76. The molecular weight excluding hydrogens is 248 g/mol. The van der Waals surface area contributed by atoms with Crippen LogP contribution in [0, 0.1) is 18.3 Å². The molecule has 1 aromatic carbocycles. The molecule has 1 saturated heterocycles. The molecule has 2 rings (SSSR count). The molecule has 0 radical (unpaired) electrons. The molecular formula is C16H24N4. The van der Waals surface area contributed by atoms with Crippen LogP contribution in [0.4, 0.5) is 5.69 Å². The van der Waals surface area contributed by atoms with Crippen molar-refractivity contribution < 1.29 is 0 Å². The molecule has 1 aliphatic rings. The molecule has 0 N–H and O–H groups in total. The van der Waals surface area contributed by atoms with Crippen LogP contribution in [0.15, 0.2) is 18.2 Å². The van der Waals surface area contributed by atoms with Crippen molar-refractivity contribution in [3.05, 3.63) is 29.3 Å². The summed E-state index contributed by atoms with van der Waals surface area (Å²) in [5.74, 6) is 0. The van der Waals surface area contributed by atoms with Gasteiger partial charge in [0, 0.05) is 39.3 Å². The number of nitrogens with zero attached hydrogens (tertiary/aromatic N) is 4. The van der Waals surface area contributed by atoms with Gasteiger partial charge in [0.05, 0.1) is 11.3 Å². The van der Waals surface area contributed by atoms with Gasteiger partial charge in [-0.2, -0.15) is 5.26 Å². The van der Waals surface area contributed by atoms with Crippen LogP contribution < -0.4 is 4.90 Å². The van der Waals surface area contributed by atoms with Gasteiger partial charge in [-0.1, -0.05) is 6.07 Å². The summed E-state index contributed by atoms with van der Waals surface area (Å²) in [5.41, 5.74) is 3.03. The second kappa shape index (κ2) is 6.74. The van der Waals surface area contributed by atoms with Gasteiger partial charge in [-0.25, -0.2) is 0 Å². The van der Waals surface area contributed by atoms with E-state index in [-0.39, 0.29) is 0 Å². The Morgan fingerprint density at radius 3 is 2.50 bits per heavy atom. The normalized spacial score (nSPS) is 16.4. The van der Waals surface area contributed by atoms with Crippen molar-refractivity contribution in [2.45, 2.75) is 6.92 Å². The molecule has 1 fully saturated rings. The lowest BCUT2D eigenvalue weighted by Crippen LogP contribution is -2.48. The van der Waals surface area contributed by atoms with Gasteiger partial charge >= 0.3 is 0 Å². The molecule has 20 heavy (non-hydrogen) atoms. The van der Waals surface area contributed by atoms with E-state index in [4.69, 9.17) is 0 Å². The van der Waals surface area contributed by atoms with Gasteiger partial charge in [-0.15, -0.1) is 0 Å². The first-order valence-corrected chi connectivity index (χ1v) is 7.23. The quantitative estimate of drug-likeness (QED) is 0.833. The maximum Gasteiger partial charge on any atom is 0.101 e. The number of aryl methyl sites for hydroxylation is 1. The summed E-state index contributed by atoms with van der Waals surface area (Å²) in [7, 11) is 4.23. The molecule has 0 bridgehead atoms. The summed E-state index contributed by atoms with van der Waals surface area (Å²) in [6.45, 7) is 8.42. The van der Waals surface area contributed by atoms with Crippen molar-refractivity contribution >= 4 is 5.69 Å². The topological polar surface area (TPSA) is 33.5 Å². The number of nitriles is 1. The van der Waals surface area contributed by atoms with Gasteiger partial charge in [-0.3, -0.25) is 4.90 Å². The van der Waals surface area contributed by atoms with Gasteiger partial charge in [0.1, 0.15) is 6.07 Å². The van der Waals surface area contributed by atoms with Crippen molar-refractivity contribution in [2.75, 3.05) is 58.3 Å². The summed E-state index contributed by atoms with van der Waals surface area (Å²) >= 11 is 0. The number of rotatable bonds is 4. The fourth-order valence-electron chi connectivity index (χ4n) is 2.57. The van der Waals surface area contributed by atoms with E-state index in [1.165, 1.54) is 0 Å². The molecule has 1 aromatic rings. The summed E-state index contributed by atoms with van der Waals surface area (Å²) in [6.07, 6.45) is 0. The Kier molecular flexibility index (Phi) is 4.99. The molecule has 0 spiro atoms. The fourth-order valence-corrected chi connectivity index (χ4v) is 2.57. The van der Waals surface area contributed by atoms with Crippen molar-refractivity contribution in [1.82, 2.24) is 9.80 Å². The van der Waals surface area contributed by atoms with Crippen molar-refractivity contribution in [2.24, 2.45) is 0 Å². The van der Waals surface area contributed by atoms with Crippen LogP contribution in [0.5, 0.6) is 0 Å². The van der Waals surface area contributed by atoms with Crippen LogP contribution in [-0.2, 0) is 0 Å². The van der Waals surface area contributed by atoms with Gasteiger partial charge in [-0.05, 0) is 38.7 Å². The summed E-state index contributed by atoms with van der Waals surface area (Å²) < 4.78 is 0. The average molecular weight is 272 g/mol. The third-order valence-electron chi connectivity index (χ3n) is 3.85. The highest BCUT2D eigenvalue weighted by molar-refractivity contribution is 5.60. The first-order chi connectivity index (χ1) is 9.60. The van der Waals surface area contributed by atoms with E-state index in [0.29, 0.717) is 0 Å². The Bertz CT molecular complexity index is 482. The third-order valence-corrected chi connectivity index (χ3v) is 3.85. The number of benzene rings is 1. The predicted molar refractivity (Wildman–Crippen MR) is 83.1 cm³/mol. The lowest BCUT2D eigenvalue weighted by atomic mass is 10.1. The highest BCUT2D eigenvalue weighted by atomic mass is 15.3. The summed E-state index contributed by atoms with van der Waals surface area (Å²) in [5, 5.41) is 9.28. The van der Waals surface area contributed by atoms with Crippen LogP contribution >= 0.6 is 0 Å². The second-order valence-corrected chi connectivity index (χ2v) is 5.76. The Balaban J connectivity index is 1.96. The van der Waals surface area contributed by atoms with Crippen molar-refractivity contribution in [1.29, 1.82) is 5.26 Å². The zero-order chi connectivity index (χ0) is 14.5. The molecule has 0 aliphatic carbocycles. The molecule has 0 atom stereocenters. The monoisotopic (exact) mass is 272 g/mol. The number of piperazine rings is 1. The van der Waals surface area contributed by atoms with Crippen LogP contribution in [0.3, 0.4) is 0 Å². The van der Waals surface area contributed by atoms with Gasteiger partial charge < -0.3 is 9.80 Å². The molecule has 1 aliphatic heterocycles. The lowest BCUT2D eigenvalue weighted by Gasteiger charge is -2.36. The third kappa shape index (κ3) is 3.72. The zero-order valence-electron chi connectivity index (χ0n) is 12.8. The first kappa shape index (κ1) is 14.8. The molecule has 0 unspecified atom stereocenters. The molecule has 1 heterocycles. The van der Waals surface area contributed by atoms with Crippen LogP contribution in [0.25, 0.3) is 0 Å². The Morgan fingerprint density at radius 2 is 1.90 bits per heavy atom. The maximum absolute atomic E-state index is 9.28. The molecule has 4 nitrogen and oxygen atoms in total. The smallest absolute Gasteiger partial charge is 0.101 e. The maximum atomic E-state index is 9.28. The van der Waals surface area contributed by atoms with Crippen LogP contribution in [0.2, 0.25) is 0 Å². The van der Waals surface area contributed by atoms with E-state index in [0.717, 1.165) is 56.1 Å². The minimum Gasteiger partial charge on any atom is -0.368 e.